The van der Waals surface area contributed by atoms with E-state index in [1.54, 1.807) is 25.1 Å². The Morgan fingerprint density at radius 1 is 1.20 bits per heavy atom. The highest BCUT2D eigenvalue weighted by molar-refractivity contribution is 7.89. The van der Waals surface area contributed by atoms with Gasteiger partial charge in [0.15, 0.2) is 6.61 Å². The van der Waals surface area contributed by atoms with E-state index in [2.05, 4.69) is 10.5 Å². The van der Waals surface area contributed by atoms with Crippen LogP contribution in [0.15, 0.2) is 39.8 Å². The average Bonchev–Trinajstić information content (AvgIpc) is 3.16. The first-order chi connectivity index (χ1) is 14.3. The molecule has 10 nitrogen and oxygen atoms in total. The van der Waals surface area contributed by atoms with Crippen molar-refractivity contribution in [2.24, 2.45) is 0 Å². The fraction of sp³-hybridized carbons (Fsp3) is 0.421. The molecule has 3 rings (SSSR count). The molecule has 1 aliphatic heterocycles. The summed E-state index contributed by atoms with van der Waals surface area (Å²) in [6.45, 7) is 2.71. The molecule has 2 aromatic rings. The van der Waals surface area contributed by atoms with Crippen molar-refractivity contribution in [1.29, 1.82) is 0 Å². The smallest absolute Gasteiger partial charge is 0.306 e. The summed E-state index contributed by atoms with van der Waals surface area (Å²) < 4.78 is 41.6. The molecule has 1 aromatic carbocycles. The molecule has 1 aliphatic rings. The number of benzene rings is 1. The molecule has 0 unspecified atom stereocenters. The fourth-order valence-corrected chi connectivity index (χ4v) is 4.23. The summed E-state index contributed by atoms with van der Waals surface area (Å²) in [5.74, 6) is -0.887. The van der Waals surface area contributed by atoms with Crippen LogP contribution in [0.5, 0.6) is 0 Å². The second-order valence-electron chi connectivity index (χ2n) is 6.70. The van der Waals surface area contributed by atoms with E-state index in [4.69, 9.17) is 14.0 Å². The van der Waals surface area contributed by atoms with Gasteiger partial charge in [0.1, 0.15) is 0 Å². The first-order valence-corrected chi connectivity index (χ1v) is 10.8. The van der Waals surface area contributed by atoms with Crippen molar-refractivity contribution < 1.29 is 32.0 Å². The fourth-order valence-electron chi connectivity index (χ4n) is 2.82. The summed E-state index contributed by atoms with van der Waals surface area (Å²) >= 11 is 0. The number of anilines is 1. The van der Waals surface area contributed by atoms with Crippen molar-refractivity contribution in [1.82, 2.24) is 9.46 Å². The third kappa shape index (κ3) is 5.88. The van der Waals surface area contributed by atoms with E-state index in [9.17, 15) is 18.0 Å². The number of nitrogens with zero attached hydrogens (tertiary/aromatic N) is 2. The van der Waals surface area contributed by atoms with Gasteiger partial charge < -0.3 is 14.0 Å². The first kappa shape index (κ1) is 21.9. The number of esters is 1. The summed E-state index contributed by atoms with van der Waals surface area (Å²) in [5, 5.41) is 6.06. The monoisotopic (exact) mass is 437 g/mol. The Morgan fingerprint density at radius 2 is 1.90 bits per heavy atom. The van der Waals surface area contributed by atoms with E-state index >= 15 is 0 Å². The highest BCUT2D eigenvalue weighted by Gasteiger charge is 2.26. The van der Waals surface area contributed by atoms with E-state index in [-0.39, 0.29) is 17.2 Å². The molecule has 0 bridgehead atoms. The van der Waals surface area contributed by atoms with Gasteiger partial charge in [-0.1, -0.05) is 17.3 Å². The number of carbonyl (C=O) groups excluding carboxylic acids is 2. The zero-order chi connectivity index (χ0) is 21.6. The Hall–Kier alpha value is -2.76. The van der Waals surface area contributed by atoms with Gasteiger partial charge in [0, 0.05) is 25.6 Å². The third-order valence-corrected chi connectivity index (χ3v) is 6.32. The lowest BCUT2D eigenvalue weighted by Crippen LogP contribution is -2.40. The molecule has 1 saturated heterocycles. The lowest BCUT2D eigenvalue weighted by atomic mass is 10.1. The molecule has 2 heterocycles. The number of ether oxygens (including phenoxy) is 2. The van der Waals surface area contributed by atoms with Crippen LogP contribution in [0, 0.1) is 6.92 Å². The Labute approximate surface area is 174 Å². The summed E-state index contributed by atoms with van der Waals surface area (Å²) in [5.41, 5.74) is 1.40. The van der Waals surface area contributed by atoms with Crippen molar-refractivity contribution in [3.8, 4) is 0 Å². The lowest BCUT2D eigenvalue weighted by molar-refractivity contribution is -0.147. The molecule has 1 aromatic heterocycles. The lowest BCUT2D eigenvalue weighted by Gasteiger charge is -2.26. The number of amides is 1. The molecule has 11 heteroatoms. The predicted octanol–water partition coefficient (Wildman–Crippen LogP) is 1.12. The van der Waals surface area contributed by atoms with Gasteiger partial charge in [0.25, 0.3) is 5.91 Å². The number of rotatable bonds is 8. The van der Waals surface area contributed by atoms with Gasteiger partial charge in [-0.3, -0.25) is 14.9 Å². The van der Waals surface area contributed by atoms with Crippen molar-refractivity contribution in [2.45, 2.75) is 24.7 Å². The maximum absolute atomic E-state index is 12.6. The van der Waals surface area contributed by atoms with Gasteiger partial charge in [-0.05, 0) is 31.0 Å². The van der Waals surface area contributed by atoms with Crippen LogP contribution in [0.1, 0.15) is 17.7 Å². The van der Waals surface area contributed by atoms with Crippen LogP contribution in [0.25, 0.3) is 0 Å². The molecule has 0 saturated carbocycles. The first-order valence-electron chi connectivity index (χ1n) is 9.40. The van der Waals surface area contributed by atoms with Crippen molar-refractivity contribution in [3.63, 3.8) is 0 Å². The molecule has 30 heavy (non-hydrogen) atoms. The number of carbonyl (C=O) groups is 2. The van der Waals surface area contributed by atoms with Crippen molar-refractivity contribution in [3.05, 3.63) is 41.6 Å². The Bertz CT molecular complexity index is 980. The van der Waals surface area contributed by atoms with E-state index in [1.165, 1.54) is 16.4 Å². The summed E-state index contributed by atoms with van der Waals surface area (Å²) in [6.07, 6.45) is 0.421. The van der Waals surface area contributed by atoms with Crippen LogP contribution >= 0.6 is 0 Å². The van der Waals surface area contributed by atoms with E-state index < -0.39 is 28.5 Å². The van der Waals surface area contributed by atoms with Crippen LogP contribution in [-0.4, -0.2) is 62.7 Å². The van der Waals surface area contributed by atoms with Crippen molar-refractivity contribution >= 4 is 27.8 Å². The normalized spacial score (nSPS) is 15.0. The minimum absolute atomic E-state index is 0.0598. The van der Waals surface area contributed by atoms with Gasteiger partial charge in [0.2, 0.25) is 15.9 Å². The number of sulfonamides is 1. The zero-order valence-corrected chi connectivity index (χ0v) is 17.3. The van der Waals surface area contributed by atoms with Crippen LogP contribution in [0.3, 0.4) is 0 Å². The molecule has 0 spiro atoms. The van der Waals surface area contributed by atoms with Gasteiger partial charge in [-0.15, -0.1) is 0 Å². The van der Waals surface area contributed by atoms with Crippen molar-refractivity contribution in [2.75, 3.05) is 38.2 Å². The third-order valence-electron chi connectivity index (χ3n) is 4.40. The van der Waals surface area contributed by atoms with E-state index in [1.807, 2.05) is 0 Å². The quantitative estimate of drug-likeness (QED) is 0.609. The maximum Gasteiger partial charge on any atom is 0.306 e. The molecule has 0 atom stereocenters. The van der Waals surface area contributed by atoms with Gasteiger partial charge in [-0.2, -0.15) is 4.31 Å². The largest absolute Gasteiger partial charge is 0.456 e. The number of aryl methyl sites for hydroxylation is 2. The number of hydrogen-bond acceptors (Lipinski definition) is 8. The second kappa shape index (κ2) is 9.83. The molecule has 0 radical (unpaired) electrons. The van der Waals surface area contributed by atoms with Crippen LogP contribution < -0.4 is 5.32 Å². The summed E-state index contributed by atoms with van der Waals surface area (Å²) in [6, 6.07) is 7.93. The molecule has 162 valence electrons. The van der Waals surface area contributed by atoms with Gasteiger partial charge >= 0.3 is 5.97 Å². The predicted molar refractivity (Wildman–Crippen MR) is 105 cm³/mol. The summed E-state index contributed by atoms with van der Waals surface area (Å²) in [4.78, 5) is 23.8. The highest BCUT2D eigenvalue weighted by Crippen LogP contribution is 2.18. The molecule has 1 N–H and O–H groups in total. The minimum atomic E-state index is -3.55. The topological polar surface area (TPSA) is 128 Å². The summed E-state index contributed by atoms with van der Waals surface area (Å²) in [7, 11) is -3.55. The minimum Gasteiger partial charge on any atom is -0.456 e. The zero-order valence-electron chi connectivity index (χ0n) is 16.5. The van der Waals surface area contributed by atoms with E-state index in [0.29, 0.717) is 38.4 Å². The van der Waals surface area contributed by atoms with E-state index in [0.717, 1.165) is 5.56 Å². The second-order valence-corrected chi connectivity index (χ2v) is 8.64. The van der Waals surface area contributed by atoms with Gasteiger partial charge in [-0.25, -0.2) is 8.42 Å². The average molecular weight is 437 g/mol. The molecular weight excluding hydrogens is 414 g/mol. The maximum atomic E-state index is 12.6. The van der Waals surface area contributed by atoms with Gasteiger partial charge in [0.05, 0.1) is 23.8 Å². The molecule has 1 fully saturated rings. The standard InChI is InChI=1S/C19H23N3O7S/c1-14-12-18(29-21-14)20-17(23)13-28-19(24)7-4-15-2-5-16(6-3-15)30(25,26)22-8-10-27-11-9-22/h2-3,5-6,12H,4,7-11,13H2,1H3,(H,20,23). The Balaban J connectivity index is 1.44. The number of aromatic nitrogens is 1. The number of nitrogens with one attached hydrogen (secondary N) is 1. The molecule has 0 aliphatic carbocycles. The van der Waals surface area contributed by atoms with Crippen LogP contribution in [0.4, 0.5) is 5.88 Å². The Morgan fingerprint density at radius 3 is 2.53 bits per heavy atom. The van der Waals surface area contributed by atoms with Crippen LogP contribution in [-0.2, 0) is 35.5 Å². The molecular formula is C19H23N3O7S. The Kier molecular flexibility index (Phi) is 7.19. The van der Waals surface area contributed by atoms with Crippen LogP contribution in [0.2, 0.25) is 0 Å². The number of hydrogen-bond donors (Lipinski definition) is 1. The SMILES string of the molecule is Cc1cc(NC(=O)COC(=O)CCc2ccc(S(=O)(=O)N3CCOCC3)cc2)on1. The molecule has 1 amide bonds. The number of morpholine rings is 1. The highest BCUT2D eigenvalue weighted by atomic mass is 32.2.